The molecule has 0 rings (SSSR count). The molecule has 0 aromatic carbocycles. The number of aliphatic hydroxyl groups is 2. The van der Waals surface area contributed by atoms with Gasteiger partial charge in [0.15, 0.2) is 12.0 Å². The fraction of sp³-hybridized carbons (Fsp3) is 0.429. The van der Waals surface area contributed by atoms with Crippen molar-refractivity contribution in [2.45, 2.75) is 11.7 Å². The average Bonchev–Trinajstić information content (AvgIpc) is 2.14. The Bertz CT molecular complexity index is 359. The number of aliphatic carboxylic acids is 4. The zero-order valence-electron chi connectivity index (χ0n) is 7.97. The maximum atomic E-state index is 10.6. The van der Waals surface area contributed by atoms with Crippen molar-refractivity contribution >= 4 is 23.9 Å². The average molecular weight is 252 g/mol. The smallest absolute Gasteiger partial charge is 0.340 e. The van der Waals surface area contributed by atoms with E-state index in [-0.39, 0.29) is 0 Å². The van der Waals surface area contributed by atoms with Crippen molar-refractivity contribution in [3.8, 4) is 0 Å². The molecule has 0 aliphatic heterocycles. The molecule has 0 saturated heterocycles. The van der Waals surface area contributed by atoms with Crippen LogP contribution in [0.25, 0.3) is 0 Å². The first kappa shape index (κ1) is 14.8. The van der Waals surface area contributed by atoms with Crippen LogP contribution >= 0.6 is 0 Å². The van der Waals surface area contributed by atoms with E-state index in [9.17, 15) is 24.3 Å². The van der Waals surface area contributed by atoms with E-state index in [1.807, 2.05) is 0 Å². The summed E-state index contributed by atoms with van der Waals surface area (Å²) in [6.07, 6.45) is -3.11. The zero-order chi connectivity index (χ0) is 14.0. The van der Waals surface area contributed by atoms with Gasteiger partial charge in [0.05, 0.1) is 0 Å². The molecule has 0 amide bonds. The van der Waals surface area contributed by atoms with Gasteiger partial charge in [0.1, 0.15) is 0 Å². The summed E-state index contributed by atoms with van der Waals surface area (Å²) in [6.45, 7) is 0. The summed E-state index contributed by atoms with van der Waals surface area (Å²) in [5, 5.41) is 52.0. The second-order valence-electron chi connectivity index (χ2n) is 2.98. The van der Waals surface area contributed by atoms with Gasteiger partial charge in [-0.15, -0.1) is 0 Å². The van der Waals surface area contributed by atoms with Crippen LogP contribution < -0.4 is 0 Å². The van der Waals surface area contributed by atoms with Crippen molar-refractivity contribution in [1.82, 2.24) is 0 Å². The van der Waals surface area contributed by atoms with Gasteiger partial charge in [0.25, 0.3) is 0 Å². The van der Waals surface area contributed by atoms with Gasteiger partial charge in [-0.1, -0.05) is 0 Å². The summed E-state index contributed by atoms with van der Waals surface area (Å²) in [5.74, 6) is -12.4. The molecule has 0 saturated carbocycles. The van der Waals surface area contributed by atoms with Gasteiger partial charge in [0, 0.05) is 0 Å². The monoisotopic (exact) mass is 252 g/mol. The van der Waals surface area contributed by atoms with Crippen LogP contribution in [0, 0.1) is 5.92 Å². The lowest BCUT2D eigenvalue weighted by Gasteiger charge is -2.28. The Labute approximate surface area is 92.3 Å². The molecule has 0 aliphatic rings. The van der Waals surface area contributed by atoms with Crippen molar-refractivity contribution in [3.05, 3.63) is 0 Å². The lowest BCUT2D eigenvalue weighted by Crippen LogP contribution is -2.62. The van der Waals surface area contributed by atoms with Crippen LogP contribution in [0.1, 0.15) is 0 Å². The Morgan fingerprint density at radius 3 is 1.35 bits per heavy atom. The second-order valence-corrected chi connectivity index (χ2v) is 2.98. The molecular formula is C7H8O10. The lowest BCUT2D eigenvalue weighted by molar-refractivity contribution is -0.201. The van der Waals surface area contributed by atoms with E-state index in [0.29, 0.717) is 0 Å². The van der Waals surface area contributed by atoms with E-state index in [0.717, 1.165) is 0 Å². The van der Waals surface area contributed by atoms with Gasteiger partial charge >= 0.3 is 23.9 Å². The molecule has 0 fully saturated rings. The fourth-order valence-corrected chi connectivity index (χ4v) is 1.07. The molecule has 0 radical (unpaired) electrons. The van der Waals surface area contributed by atoms with Gasteiger partial charge < -0.3 is 30.6 Å². The van der Waals surface area contributed by atoms with Crippen LogP contribution in [0.3, 0.4) is 0 Å². The Morgan fingerprint density at radius 2 is 1.18 bits per heavy atom. The standard InChI is InChI=1S/C7H8O10/c8-2(5(13)14)7(17,6(15)16)1(3(9)10)4(11)12/h1-2,8,17H,(H,9,10)(H,11,12)(H,13,14)(H,15,16). The van der Waals surface area contributed by atoms with E-state index < -0.39 is 41.5 Å². The molecule has 2 atom stereocenters. The first-order valence-electron chi connectivity index (χ1n) is 3.89. The molecule has 96 valence electrons. The van der Waals surface area contributed by atoms with E-state index in [1.165, 1.54) is 0 Å². The number of hydrogen-bond acceptors (Lipinski definition) is 6. The number of hydrogen-bond donors (Lipinski definition) is 6. The van der Waals surface area contributed by atoms with Gasteiger partial charge in [-0.05, 0) is 0 Å². The highest BCUT2D eigenvalue weighted by atomic mass is 16.5. The topological polar surface area (TPSA) is 190 Å². The highest BCUT2D eigenvalue weighted by molar-refractivity contribution is 6.02. The molecule has 2 unspecified atom stereocenters. The Hall–Kier alpha value is -2.20. The molecule has 6 N–H and O–H groups in total. The van der Waals surface area contributed by atoms with Crippen LogP contribution in [0.4, 0.5) is 0 Å². The predicted molar refractivity (Wildman–Crippen MR) is 45.0 cm³/mol. The first-order chi connectivity index (χ1) is 7.56. The van der Waals surface area contributed by atoms with E-state index in [1.54, 1.807) is 0 Å². The van der Waals surface area contributed by atoms with Crippen LogP contribution in [0.15, 0.2) is 0 Å². The number of rotatable bonds is 6. The minimum atomic E-state index is -3.89. The molecular weight excluding hydrogens is 244 g/mol. The second kappa shape index (κ2) is 4.76. The zero-order valence-corrected chi connectivity index (χ0v) is 7.97. The van der Waals surface area contributed by atoms with Crippen molar-refractivity contribution in [1.29, 1.82) is 0 Å². The summed E-state index contributed by atoms with van der Waals surface area (Å²) < 4.78 is 0. The number of carboxylic acid groups (broad SMARTS) is 4. The van der Waals surface area contributed by atoms with Crippen molar-refractivity contribution in [2.24, 2.45) is 5.92 Å². The van der Waals surface area contributed by atoms with Gasteiger partial charge in [-0.25, -0.2) is 9.59 Å². The Kier molecular flexibility index (Phi) is 4.14. The van der Waals surface area contributed by atoms with Crippen molar-refractivity contribution in [2.75, 3.05) is 0 Å². The minimum absolute atomic E-state index is 2.28. The number of carbonyl (C=O) groups is 4. The maximum Gasteiger partial charge on any atom is 0.340 e. The van der Waals surface area contributed by atoms with Crippen LogP contribution in [-0.4, -0.2) is 66.2 Å². The van der Waals surface area contributed by atoms with E-state index >= 15 is 0 Å². The van der Waals surface area contributed by atoms with Crippen LogP contribution in [0.5, 0.6) is 0 Å². The molecule has 0 aromatic heterocycles. The molecule has 17 heavy (non-hydrogen) atoms. The molecule has 0 spiro atoms. The molecule has 10 nitrogen and oxygen atoms in total. The summed E-state index contributed by atoms with van der Waals surface area (Å²) in [5.41, 5.74) is -3.89. The first-order valence-corrected chi connectivity index (χ1v) is 3.89. The summed E-state index contributed by atoms with van der Waals surface area (Å²) in [7, 11) is 0. The third kappa shape index (κ3) is 2.49. The molecule has 0 aromatic rings. The quantitative estimate of drug-likeness (QED) is 0.266. The van der Waals surface area contributed by atoms with Gasteiger partial charge in [0.2, 0.25) is 5.60 Å². The summed E-state index contributed by atoms with van der Waals surface area (Å²) in [4.78, 5) is 42.0. The number of aliphatic hydroxyl groups excluding tert-OH is 1. The molecule has 0 aliphatic carbocycles. The highest BCUT2D eigenvalue weighted by Gasteiger charge is 2.60. The van der Waals surface area contributed by atoms with E-state index in [4.69, 9.17) is 25.5 Å². The summed E-state index contributed by atoms with van der Waals surface area (Å²) >= 11 is 0. The molecule has 0 bridgehead atoms. The minimum Gasteiger partial charge on any atom is -0.481 e. The van der Waals surface area contributed by atoms with Crippen molar-refractivity contribution in [3.63, 3.8) is 0 Å². The normalized spacial score (nSPS) is 15.9. The lowest BCUT2D eigenvalue weighted by atomic mass is 9.82. The van der Waals surface area contributed by atoms with Gasteiger partial charge in [-0.3, -0.25) is 9.59 Å². The van der Waals surface area contributed by atoms with Crippen molar-refractivity contribution < 1.29 is 49.8 Å². The van der Waals surface area contributed by atoms with Gasteiger partial charge in [-0.2, -0.15) is 0 Å². The highest BCUT2D eigenvalue weighted by Crippen LogP contribution is 2.24. The predicted octanol–water partition coefficient (Wildman–Crippen LogP) is -2.97. The molecule has 0 heterocycles. The third-order valence-corrected chi connectivity index (χ3v) is 1.93. The summed E-state index contributed by atoms with van der Waals surface area (Å²) in [6, 6.07) is 0. The van der Waals surface area contributed by atoms with E-state index in [2.05, 4.69) is 0 Å². The molecule has 10 heteroatoms. The third-order valence-electron chi connectivity index (χ3n) is 1.93. The fourth-order valence-electron chi connectivity index (χ4n) is 1.07. The number of carboxylic acids is 4. The van der Waals surface area contributed by atoms with Crippen LogP contribution in [-0.2, 0) is 19.2 Å². The Morgan fingerprint density at radius 1 is 0.824 bits per heavy atom. The van der Waals surface area contributed by atoms with Crippen LogP contribution in [0.2, 0.25) is 0 Å². The maximum absolute atomic E-state index is 10.6. The SMILES string of the molecule is O=C(O)C(O)C(O)(C(=O)O)C(C(=O)O)C(=O)O. The Balaban J connectivity index is 5.78. The largest absolute Gasteiger partial charge is 0.481 e.